The van der Waals surface area contributed by atoms with Gasteiger partial charge in [-0.15, -0.1) is 11.3 Å². The highest BCUT2D eigenvalue weighted by atomic mass is 79.9. The van der Waals surface area contributed by atoms with Gasteiger partial charge in [-0.25, -0.2) is 4.79 Å². The van der Waals surface area contributed by atoms with E-state index in [4.69, 9.17) is 4.74 Å². The fraction of sp³-hybridized carbons (Fsp3) is 0.0833. The molecule has 0 saturated heterocycles. The molecule has 1 aromatic carbocycles. The molecule has 2 rings (SSSR count). The van der Waals surface area contributed by atoms with Crippen molar-refractivity contribution in [2.24, 2.45) is 0 Å². The zero-order valence-corrected chi connectivity index (χ0v) is 11.0. The molecular formula is C12H9BrO2S. The smallest absolute Gasteiger partial charge is 0.354 e. The Morgan fingerprint density at radius 1 is 1.38 bits per heavy atom. The maximum absolute atomic E-state index is 11.8. The van der Waals surface area contributed by atoms with Crippen LogP contribution in [0.1, 0.15) is 15.2 Å². The summed E-state index contributed by atoms with van der Waals surface area (Å²) in [4.78, 5) is 12.4. The van der Waals surface area contributed by atoms with Crippen molar-refractivity contribution in [3.05, 3.63) is 50.6 Å². The molecule has 0 amide bonds. The van der Waals surface area contributed by atoms with Crippen LogP contribution >= 0.6 is 27.3 Å². The van der Waals surface area contributed by atoms with Crippen molar-refractivity contribution < 1.29 is 9.53 Å². The topological polar surface area (TPSA) is 26.3 Å². The van der Waals surface area contributed by atoms with E-state index in [0.29, 0.717) is 10.6 Å². The van der Waals surface area contributed by atoms with Gasteiger partial charge in [-0.2, -0.15) is 0 Å². The van der Waals surface area contributed by atoms with E-state index in [0.717, 1.165) is 10.0 Å². The Kier molecular flexibility index (Phi) is 3.41. The molecule has 4 heteroatoms. The lowest BCUT2D eigenvalue weighted by Crippen LogP contribution is -2.06. The highest BCUT2D eigenvalue weighted by Gasteiger charge is 2.13. The summed E-state index contributed by atoms with van der Waals surface area (Å²) in [5.41, 5.74) is 1.07. The summed E-state index contributed by atoms with van der Waals surface area (Å²) in [6.45, 7) is 1.96. The molecule has 2 nitrogen and oxygen atoms in total. The first-order valence-corrected chi connectivity index (χ1v) is 6.36. The molecule has 0 aliphatic heterocycles. The summed E-state index contributed by atoms with van der Waals surface area (Å²) < 4.78 is 6.04. The van der Waals surface area contributed by atoms with E-state index in [2.05, 4.69) is 15.9 Å². The summed E-state index contributed by atoms with van der Waals surface area (Å²) in [6, 6.07) is 9.25. The molecule has 0 spiro atoms. The quantitative estimate of drug-likeness (QED) is 0.618. The minimum atomic E-state index is -0.326. The Balaban J connectivity index is 2.17. The molecule has 1 heterocycles. The zero-order chi connectivity index (χ0) is 11.5. The number of halogens is 1. The number of carbonyl (C=O) groups excluding carboxylic acids is 1. The van der Waals surface area contributed by atoms with Crippen LogP contribution in [0.4, 0.5) is 0 Å². The van der Waals surface area contributed by atoms with Crippen LogP contribution in [0, 0.1) is 6.92 Å². The Hall–Kier alpha value is -1.13. The SMILES string of the molecule is Cc1cccc(OC(=O)c2sccc2Br)c1. The van der Waals surface area contributed by atoms with Gasteiger partial charge >= 0.3 is 5.97 Å². The predicted octanol–water partition coefficient (Wildman–Crippen LogP) is 4.04. The zero-order valence-electron chi connectivity index (χ0n) is 8.57. The number of carbonyl (C=O) groups is 1. The maximum Gasteiger partial charge on any atom is 0.354 e. The van der Waals surface area contributed by atoms with Crippen LogP contribution in [0.2, 0.25) is 0 Å². The van der Waals surface area contributed by atoms with E-state index in [-0.39, 0.29) is 5.97 Å². The number of aryl methyl sites for hydroxylation is 1. The maximum atomic E-state index is 11.8. The summed E-state index contributed by atoms with van der Waals surface area (Å²) in [5.74, 6) is 0.248. The van der Waals surface area contributed by atoms with Gasteiger partial charge in [0.15, 0.2) is 0 Å². The van der Waals surface area contributed by atoms with Gasteiger partial charge in [-0.1, -0.05) is 12.1 Å². The van der Waals surface area contributed by atoms with Crippen molar-refractivity contribution in [3.63, 3.8) is 0 Å². The van der Waals surface area contributed by atoms with Crippen molar-refractivity contribution in [2.75, 3.05) is 0 Å². The molecule has 0 fully saturated rings. The normalized spacial score (nSPS) is 10.1. The van der Waals surface area contributed by atoms with Gasteiger partial charge in [0.05, 0.1) is 0 Å². The fourth-order valence-corrected chi connectivity index (χ4v) is 2.68. The molecule has 0 N–H and O–H groups in total. The Morgan fingerprint density at radius 3 is 2.81 bits per heavy atom. The van der Waals surface area contributed by atoms with Gasteiger partial charge in [0.2, 0.25) is 0 Å². The van der Waals surface area contributed by atoms with Gasteiger partial charge in [0, 0.05) is 4.47 Å². The Labute approximate surface area is 106 Å². The lowest BCUT2D eigenvalue weighted by atomic mass is 10.2. The molecule has 0 aliphatic carbocycles. The van der Waals surface area contributed by atoms with Crippen LogP contribution in [0.25, 0.3) is 0 Å². The molecule has 0 saturated carbocycles. The Bertz CT molecular complexity index is 519. The lowest BCUT2D eigenvalue weighted by Gasteiger charge is -2.03. The van der Waals surface area contributed by atoms with E-state index in [1.807, 2.05) is 36.6 Å². The van der Waals surface area contributed by atoms with Gasteiger partial charge in [-0.3, -0.25) is 0 Å². The molecule has 0 aliphatic rings. The van der Waals surface area contributed by atoms with Gasteiger partial charge < -0.3 is 4.74 Å². The molecule has 82 valence electrons. The van der Waals surface area contributed by atoms with E-state index in [1.165, 1.54) is 11.3 Å². The third kappa shape index (κ3) is 2.51. The second-order valence-corrected chi connectivity index (χ2v) is 5.07. The Morgan fingerprint density at radius 2 is 2.19 bits per heavy atom. The van der Waals surface area contributed by atoms with E-state index in [1.54, 1.807) is 6.07 Å². The van der Waals surface area contributed by atoms with Crippen molar-refractivity contribution in [3.8, 4) is 5.75 Å². The number of rotatable bonds is 2. The summed E-state index contributed by atoms with van der Waals surface area (Å²) >= 11 is 4.66. The first kappa shape index (κ1) is 11.4. The molecule has 0 bridgehead atoms. The van der Waals surface area contributed by atoms with Crippen LogP contribution in [-0.2, 0) is 0 Å². The molecule has 0 atom stereocenters. The molecule has 0 radical (unpaired) electrons. The molecule has 0 unspecified atom stereocenters. The average molecular weight is 297 g/mol. The number of hydrogen-bond acceptors (Lipinski definition) is 3. The number of esters is 1. The van der Waals surface area contributed by atoms with Crippen molar-refractivity contribution >= 4 is 33.2 Å². The van der Waals surface area contributed by atoms with Crippen LogP contribution in [0.15, 0.2) is 40.2 Å². The van der Waals surface area contributed by atoms with Crippen LogP contribution in [0.5, 0.6) is 5.75 Å². The lowest BCUT2D eigenvalue weighted by molar-refractivity contribution is 0.0739. The molecule has 16 heavy (non-hydrogen) atoms. The van der Waals surface area contributed by atoms with E-state index in [9.17, 15) is 4.79 Å². The van der Waals surface area contributed by atoms with Gasteiger partial charge in [-0.05, 0) is 52.0 Å². The highest BCUT2D eigenvalue weighted by Crippen LogP contribution is 2.24. The number of thiophene rings is 1. The van der Waals surface area contributed by atoms with Gasteiger partial charge in [0.1, 0.15) is 10.6 Å². The number of ether oxygens (including phenoxy) is 1. The fourth-order valence-electron chi connectivity index (χ4n) is 1.27. The van der Waals surface area contributed by atoms with Crippen molar-refractivity contribution in [2.45, 2.75) is 6.92 Å². The summed E-state index contributed by atoms with van der Waals surface area (Å²) in [6.07, 6.45) is 0. The summed E-state index contributed by atoms with van der Waals surface area (Å²) in [5, 5.41) is 1.84. The van der Waals surface area contributed by atoms with Crippen molar-refractivity contribution in [1.82, 2.24) is 0 Å². The largest absolute Gasteiger partial charge is 0.422 e. The first-order chi connectivity index (χ1) is 7.66. The predicted molar refractivity (Wildman–Crippen MR) is 68.2 cm³/mol. The highest BCUT2D eigenvalue weighted by molar-refractivity contribution is 9.10. The average Bonchev–Trinajstić information content (AvgIpc) is 2.64. The summed E-state index contributed by atoms with van der Waals surface area (Å²) in [7, 11) is 0. The number of benzene rings is 1. The van der Waals surface area contributed by atoms with Gasteiger partial charge in [0.25, 0.3) is 0 Å². The second kappa shape index (κ2) is 4.80. The van der Waals surface area contributed by atoms with E-state index < -0.39 is 0 Å². The number of hydrogen-bond donors (Lipinski definition) is 0. The third-order valence-corrected chi connectivity index (χ3v) is 3.82. The third-order valence-electron chi connectivity index (χ3n) is 2.00. The van der Waals surface area contributed by atoms with Crippen molar-refractivity contribution in [1.29, 1.82) is 0 Å². The minimum absolute atomic E-state index is 0.326. The first-order valence-electron chi connectivity index (χ1n) is 4.68. The minimum Gasteiger partial charge on any atom is -0.422 e. The molecule has 2 aromatic rings. The van der Waals surface area contributed by atoms with Crippen LogP contribution in [-0.4, -0.2) is 5.97 Å². The monoisotopic (exact) mass is 296 g/mol. The van der Waals surface area contributed by atoms with E-state index >= 15 is 0 Å². The van der Waals surface area contributed by atoms with Crippen LogP contribution < -0.4 is 4.74 Å². The molecular weight excluding hydrogens is 288 g/mol. The second-order valence-electron chi connectivity index (χ2n) is 3.30. The molecule has 1 aromatic heterocycles. The van der Waals surface area contributed by atoms with Crippen LogP contribution in [0.3, 0.4) is 0 Å². The standard InChI is InChI=1S/C12H9BrO2S/c1-8-3-2-4-9(7-8)15-12(14)11-10(13)5-6-16-11/h2-7H,1H3.